The van der Waals surface area contributed by atoms with Crippen molar-refractivity contribution in [2.75, 3.05) is 28.2 Å². The number of methoxy groups -OCH3 is 2. The van der Waals surface area contributed by atoms with Crippen LogP contribution >= 0.6 is 0 Å². The van der Waals surface area contributed by atoms with Gasteiger partial charge in [0.05, 0.1) is 51.8 Å². The molecule has 3 rings (SSSR count). The molecule has 0 bridgehead atoms. The maximum Gasteiger partial charge on any atom is 0.311 e. The molecule has 18 atom stereocenters. The smallest absolute Gasteiger partial charge is 0.311 e. The van der Waals surface area contributed by atoms with Gasteiger partial charge in [-0.1, -0.05) is 27.7 Å². The Hall–Kier alpha value is -1.30. The number of likely N-dealkylation sites (N-methyl/N-ethyl adjacent to an activating group) is 1. The van der Waals surface area contributed by atoms with Gasteiger partial charge in [-0.15, -0.1) is 0 Å². The number of esters is 1. The highest BCUT2D eigenvalue weighted by Crippen LogP contribution is 2.41. The lowest BCUT2D eigenvalue weighted by Crippen LogP contribution is -2.61. The van der Waals surface area contributed by atoms with Crippen molar-refractivity contribution in [3.05, 3.63) is 0 Å². The largest absolute Gasteiger partial charge is 0.459 e. The van der Waals surface area contributed by atoms with E-state index in [1.807, 2.05) is 0 Å². The van der Waals surface area contributed by atoms with Crippen LogP contribution in [0.1, 0.15) is 103 Å². The number of aliphatic hydroxyl groups is 4. The maximum atomic E-state index is 14.3. The van der Waals surface area contributed by atoms with Crippen LogP contribution in [0.3, 0.4) is 0 Å². The predicted octanol–water partition coefficient (Wildman–Crippen LogP) is 2.44. The summed E-state index contributed by atoms with van der Waals surface area (Å²) in [6.45, 7) is 12.7. The monoisotopic (exact) mass is 754 g/mol. The molecule has 3 saturated heterocycles. The Balaban J connectivity index is 2.33. The molecule has 14 heteroatoms. The molecule has 0 radical (unpaired) electrons. The molecule has 3 heterocycles. The first-order valence-corrected chi connectivity index (χ1v) is 18.5. The molecule has 0 aliphatic carbocycles. The molecule has 0 unspecified atom stereocenters. The van der Waals surface area contributed by atoms with Crippen LogP contribution in [0.4, 0.5) is 0 Å². The van der Waals surface area contributed by atoms with E-state index in [0.717, 1.165) is 4.90 Å². The van der Waals surface area contributed by atoms with Crippen LogP contribution in [0.2, 0.25) is 0 Å². The van der Waals surface area contributed by atoms with Crippen LogP contribution in [0, 0.1) is 23.7 Å². The molecule has 0 aromatic rings. The van der Waals surface area contributed by atoms with Gasteiger partial charge in [0.15, 0.2) is 12.6 Å². The summed E-state index contributed by atoms with van der Waals surface area (Å²) in [4.78, 5) is 29.4. The molecule has 4 N–H and O–H groups in total. The number of hydrogen-bond donors (Lipinski definition) is 4. The van der Waals surface area contributed by atoms with E-state index in [2.05, 4.69) is 0 Å². The second-order valence-corrected chi connectivity index (χ2v) is 16.2. The molecule has 0 aromatic carbocycles. The number of carbonyl (C=O) groups excluding carboxylic acids is 2. The summed E-state index contributed by atoms with van der Waals surface area (Å²) in [6.07, 6.45) is -13.0. The fourth-order valence-electron chi connectivity index (χ4n) is 8.36. The van der Waals surface area contributed by atoms with Crippen LogP contribution in [-0.2, 0) is 42.7 Å². The SMILES string of the molecule is [2H]C([2H])([2H])O[C@]1(C)C[C@@H](C)C(=O)[C@H](C)[C@@H](O)[C@](C)(O)[C@@H](CC)OC(=O)[C@H](C)[C@@H](O[C@@H]2C[C@](C)(OC)[C@H](O)[C@@H](C)O2)[C@H](C)[C@H]1O[C@@H]1O[C@H](C)C[C@H](N(C)C([2H])([2H])[2H])[C@H]1O. The van der Waals surface area contributed by atoms with Gasteiger partial charge >= 0.3 is 5.97 Å². The maximum absolute atomic E-state index is 14.3. The Bertz CT molecular complexity index is 1390. The summed E-state index contributed by atoms with van der Waals surface area (Å²) in [5.41, 5.74) is -5.28. The van der Waals surface area contributed by atoms with E-state index in [1.54, 1.807) is 34.6 Å². The van der Waals surface area contributed by atoms with Crippen LogP contribution in [-0.4, -0.2) is 150 Å². The summed E-state index contributed by atoms with van der Waals surface area (Å²) in [7, 11) is -0.360. The molecule has 52 heavy (non-hydrogen) atoms. The molecule has 0 amide bonds. The lowest BCUT2D eigenvalue weighted by Gasteiger charge is -2.50. The van der Waals surface area contributed by atoms with E-state index in [-0.39, 0.29) is 25.7 Å². The minimum Gasteiger partial charge on any atom is -0.459 e. The minimum atomic E-state index is -3.12. The van der Waals surface area contributed by atoms with Crippen LogP contribution in [0.15, 0.2) is 0 Å². The quantitative estimate of drug-likeness (QED) is 0.265. The van der Waals surface area contributed by atoms with Crippen LogP contribution in [0.5, 0.6) is 0 Å². The zero-order valence-electron chi connectivity index (χ0n) is 38.9. The third kappa shape index (κ3) is 9.38. The van der Waals surface area contributed by atoms with Crippen molar-refractivity contribution in [2.24, 2.45) is 23.7 Å². The molecule has 304 valence electrons. The molecule has 0 spiro atoms. The van der Waals surface area contributed by atoms with E-state index in [4.69, 9.17) is 41.4 Å². The summed E-state index contributed by atoms with van der Waals surface area (Å²) in [5.74, 6) is -6.11. The highest BCUT2D eigenvalue weighted by molar-refractivity contribution is 5.83. The van der Waals surface area contributed by atoms with Gasteiger partial charge in [-0.25, -0.2) is 0 Å². The minimum absolute atomic E-state index is 0.0262. The van der Waals surface area contributed by atoms with E-state index in [0.29, 0.717) is 0 Å². The zero-order valence-corrected chi connectivity index (χ0v) is 32.9. The van der Waals surface area contributed by atoms with Crippen LogP contribution < -0.4 is 0 Å². The van der Waals surface area contributed by atoms with Crippen molar-refractivity contribution < 1.29 is 71.4 Å². The number of carbonyl (C=O) groups is 2. The summed E-state index contributed by atoms with van der Waals surface area (Å²) < 4.78 is 91.8. The summed E-state index contributed by atoms with van der Waals surface area (Å²) in [5, 5.41) is 45.9. The fourth-order valence-corrected chi connectivity index (χ4v) is 8.36. The Morgan fingerprint density at radius 3 is 2.15 bits per heavy atom. The second kappa shape index (κ2) is 17.7. The number of nitrogens with zero attached hydrogens (tertiary/aromatic N) is 1. The Labute approximate surface area is 319 Å². The molecule has 14 nitrogen and oxygen atoms in total. The Morgan fingerprint density at radius 1 is 0.923 bits per heavy atom. The average molecular weight is 754 g/mol. The van der Waals surface area contributed by atoms with Crippen LogP contribution in [0.25, 0.3) is 0 Å². The Morgan fingerprint density at radius 2 is 1.58 bits per heavy atom. The van der Waals surface area contributed by atoms with Gasteiger partial charge in [-0.3, -0.25) is 9.59 Å². The molecule has 3 aliphatic heterocycles. The van der Waals surface area contributed by atoms with Crippen molar-refractivity contribution in [1.29, 1.82) is 0 Å². The third-order valence-electron chi connectivity index (χ3n) is 11.9. The molecule has 3 aliphatic rings. The van der Waals surface area contributed by atoms with Gasteiger partial charge in [0, 0.05) is 48.5 Å². The molecule has 0 saturated carbocycles. The van der Waals surface area contributed by atoms with E-state index >= 15 is 0 Å². The van der Waals surface area contributed by atoms with Crippen molar-refractivity contribution in [3.8, 4) is 0 Å². The summed E-state index contributed by atoms with van der Waals surface area (Å²) >= 11 is 0. The highest BCUT2D eigenvalue weighted by Gasteiger charge is 2.54. The number of aliphatic hydroxyl groups excluding tert-OH is 3. The van der Waals surface area contributed by atoms with Gasteiger partial charge in [0.25, 0.3) is 0 Å². The Kier molecular flexibility index (Phi) is 12.3. The first-order valence-electron chi connectivity index (χ1n) is 21.5. The van der Waals surface area contributed by atoms with Crippen molar-refractivity contribution in [3.63, 3.8) is 0 Å². The average Bonchev–Trinajstić information content (AvgIpc) is 3.11. The van der Waals surface area contributed by atoms with E-state index in [1.165, 1.54) is 48.8 Å². The standard InChI is InChI=1S/C38H69NO13/c1-15-26-38(10,45)31(42)21(4)28(40)19(2)17-37(9,47-14)33(52-35-29(41)25(39(11)12)16-20(3)48-35)22(5)30(23(6)34(44)50-26)51-27-18-36(8,46-13)32(43)24(7)49-27/h19-27,29-33,35,41-43,45H,15-18H2,1-14H3/t19-,20-,21+,22+,23-,24-,25+,26-,27-,29-,30+,31-,32-,33-,35+,36+,37-,38-/m1/s1/i11D3,14D3. The van der Waals surface area contributed by atoms with Gasteiger partial charge < -0.3 is 58.5 Å². The number of Topliss-reactive ketones (excluding diaryl/α,β-unsaturated/α-hetero) is 1. The molecule has 3 fully saturated rings. The first kappa shape index (κ1) is 36.3. The van der Waals surface area contributed by atoms with Gasteiger partial charge in [-0.2, -0.15) is 0 Å². The molecular weight excluding hydrogens is 678 g/mol. The van der Waals surface area contributed by atoms with Crippen molar-refractivity contribution >= 4 is 11.8 Å². The van der Waals surface area contributed by atoms with Gasteiger partial charge in [-0.05, 0) is 74.8 Å². The number of cyclic esters (lactones) is 1. The molecular formula is C38H69NO13. The first-order chi connectivity index (χ1) is 26.3. The number of rotatable bonds is 8. The third-order valence-corrected chi connectivity index (χ3v) is 11.9. The van der Waals surface area contributed by atoms with E-state index in [9.17, 15) is 30.0 Å². The van der Waals surface area contributed by atoms with Gasteiger partial charge in [0.1, 0.15) is 29.7 Å². The normalized spacial score (nSPS) is 51.2. The van der Waals surface area contributed by atoms with Crippen molar-refractivity contribution in [2.45, 2.75) is 179 Å². The zero-order chi connectivity index (χ0) is 44.7. The van der Waals surface area contributed by atoms with Crippen molar-refractivity contribution in [1.82, 2.24) is 4.90 Å². The highest BCUT2D eigenvalue weighted by atomic mass is 16.7. The lowest BCUT2D eigenvalue weighted by atomic mass is 9.74. The lowest BCUT2D eigenvalue weighted by molar-refractivity contribution is -0.319. The topological polar surface area (TPSA) is 183 Å². The second-order valence-electron chi connectivity index (χ2n) is 16.2. The predicted molar refractivity (Wildman–Crippen MR) is 191 cm³/mol. The molecule has 0 aromatic heterocycles. The number of ketones is 1. The summed E-state index contributed by atoms with van der Waals surface area (Å²) in [6, 6.07) is -1.01. The number of ether oxygens (including phenoxy) is 7. The van der Waals surface area contributed by atoms with E-state index < -0.39 is 134 Å². The number of hydrogen-bond acceptors (Lipinski definition) is 14. The van der Waals surface area contributed by atoms with Gasteiger partial charge in [0.2, 0.25) is 0 Å². The fraction of sp³-hybridized carbons (Fsp3) is 0.947.